The monoisotopic (exact) mass is 140 g/mol. The first-order chi connectivity index (χ1) is 4.93. The van der Waals surface area contributed by atoms with Gasteiger partial charge in [-0.25, -0.2) is 5.48 Å². The van der Waals surface area contributed by atoms with E-state index in [0.29, 0.717) is 6.42 Å². The van der Waals surface area contributed by atoms with Crippen LogP contribution in [0.5, 0.6) is 0 Å². The van der Waals surface area contributed by atoms with E-state index in [-0.39, 0.29) is 6.10 Å². The highest BCUT2D eigenvalue weighted by atomic mass is 16.7. The SMILES string of the molecule is N#CCCC1CCCNO1. The second kappa shape index (κ2) is 4.26. The largest absolute Gasteiger partial charge is 0.298 e. The summed E-state index contributed by atoms with van der Waals surface area (Å²) in [4.78, 5) is 5.18. The molecular weight excluding hydrogens is 128 g/mol. The number of hydrogen-bond donors (Lipinski definition) is 1. The third kappa shape index (κ3) is 2.34. The highest BCUT2D eigenvalue weighted by Gasteiger charge is 2.12. The van der Waals surface area contributed by atoms with E-state index in [0.717, 1.165) is 25.8 Å². The van der Waals surface area contributed by atoms with Crippen molar-refractivity contribution in [1.29, 1.82) is 5.26 Å². The van der Waals surface area contributed by atoms with Crippen molar-refractivity contribution in [2.45, 2.75) is 31.8 Å². The molecule has 1 aliphatic rings. The predicted octanol–water partition coefficient (Wildman–Crippen LogP) is 0.974. The number of rotatable bonds is 2. The van der Waals surface area contributed by atoms with Gasteiger partial charge in [0.2, 0.25) is 0 Å². The van der Waals surface area contributed by atoms with Crippen LogP contribution in [0.1, 0.15) is 25.7 Å². The van der Waals surface area contributed by atoms with Gasteiger partial charge in [0.1, 0.15) is 0 Å². The molecule has 1 saturated heterocycles. The van der Waals surface area contributed by atoms with Crippen LogP contribution >= 0.6 is 0 Å². The molecule has 0 aromatic rings. The van der Waals surface area contributed by atoms with Crippen molar-refractivity contribution in [3.05, 3.63) is 0 Å². The van der Waals surface area contributed by atoms with Gasteiger partial charge in [0.15, 0.2) is 0 Å². The molecule has 1 fully saturated rings. The Morgan fingerprint density at radius 1 is 1.70 bits per heavy atom. The zero-order valence-electron chi connectivity index (χ0n) is 5.97. The molecule has 10 heavy (non-hydrogen) atoms. The van der Waals surface area contributed by atoms with Crippen LogP contribution in [0.3, 0.4) is 0 Å². The number of nitrogens with one attached hydrogen (secondary N) is 1. The Morgan fingerprint density at radius 2 is 2.60 bits per heavy atom. The molecule has 0 aromatic carbocycles. The number of nitriles is 1. The quantitative estimate of drug-likeness (QED) is 0.621. The Morgan fingerprint density at radius 3 is 3.20 bits per heavy atom. The summed E-state index contributed by atoms with van der Waals surface area (Å²) >= 11 is 0. The van der Waals surface area contributed by atoms with E-state index in [2.05, 4.69) is 11.5 Å². The van der Waals surface area contributed by atoms with Crippen molar-refractivity contribution in [1.82, 2.24) is 5.48 Å². The molecule has 0 saturated carbocycles. The van der Waals surface area contributed by atoms with E-state index < -0.39 is 0 Å². The topological polar surface area (TPSA) is 45.0 Å². The van der Waals surface area contributed by atoms with Crippen LogP contribution < -0.4 is 5.48 Å². The minimum Gasteiger partial charge on any atom is -0.298 e. The lowest BCUT2D eigenvalue weighted by Crippen LogP contribution is -2.30. The molecule has 1 aliphatic heterocycles. The molecule has 1 rings (SSSR count). The van der Waals surface area contributed by atoms with Crippen LogP contribution in [0, 0.1) is 11.3 Å². The number of nitrogens with zero attached hydrogens (tertiary/aromatic N) is 1. The summed E-state index contributed by atoms with van der Waals surface area (Å²) in [6, 6.07) is 2.11. The van der Waals surface area contributed by atoms with Crippen LogP contribution in [0.15, 0.2) is 0 Å². The van der Waals surface area contributed by atoms with Crippen molar-refractivity contribution in [3.8, 4) is 6.07 Å². The van der Waals surface area contributed by atoms with E-state index in [1.165, 1.54) is 0 Å². The molecule has 0 bridgehead atoms. The first kappa shape index (κ1) is 7.52. The van der Waals surface area contributed by atoms with Gasteiger partial charge in [-0.3, -0.25) is 4.84 Å². The van der Waals surface area contributed by atoms with Crippen LogP contribution in [0.2, 0.25) is 0 Å². The Bertz CT molecular complexity index is 124. The second-order valence-corrected chi connectivity index (χ2v) is 2.47. The van der Waals surface area contributed by atoms with Gasteiger partial charge in [0, 0.05) is 13.0 Å². The lowest BCUT2D eigenvalue weighted by atomic mass is 10.1. The van der Waals surface area contributed by atoms with E-state index in [4.69, 9.17) is 10.1 Å². The lowest BCUT2D eigenvalue weighted by molar-refractivity contribution is -0.0577. The number of hydroxylamine groups is 1. The molecule has 1 unspecified atom stereocenters. The van der Waals surface area contributed by atoms with Gasteiger partial charge in [-0.2, -0.15) is 5.26 Å². The molecular formula is C7H12N2O. The van der Waals surface area contributed by atoms with Gasteiger partial charge in [0.05, 0.1) is 12.2 Å². The zero-order chi connectivity index (χ0) is 7.23. The Hall–Kier alpha value is -0.590. The summed E-state index contributed by atoms with van der Waals surface area (Å²) in [6.07, 6.45) is 3.99. The van der Waals surface area contributed by atoms with Crippen LogP contribution in [0.25, 0.3) is 0 Å². The van der Waals surface area contributed by atoms with Crippen molar-refractivity contribution < 1.29 is 4.84 Å². The predicted molar refractivity (Wildman–Crippen MR) is 37.0 cm³/mol. The Kier molecular flexibility index (Phi) is 3.20. The standard InChI is InChI=1S/C7H12N2O/c8-5-1-3-7-4-2-6-9-10-7/h7,9H,1-4,6H2. The highest BCUT2D eigenvalue weighted by molar-refractivity contribution is 4.73. The van der Waals surface area contributed by atoms with E-state index in [9.17, 15) is 0 Å². The van der Waals surface area contributed by atoms with Crippen molar-refractivity contribution >= 4 is 0 Å². The first-order valence-electron chi connectivity index (χ1n) is 3.69. The average molecular weight is 140 g/mol. The van der Waals surface area contributed by atoms with Crippen LogP contribution in [-0.4, -0.2) is 12.6 Å². The maximum absolute atomic E-state index is 8.27. The van der Waals surface area contributed by atoms with E-state index >= 15 is 0 Å². The minimum atomic E-state index is 0.272. The van der Waals surface area contributed by atoms with E-state index in [1.54, 1.807) is 0 Å². The molecule has 3 nitrogen and oxygen atoms in total. The van der Waals surface area contributed by atoms with Crippen LogP contribution in [-0.2, 0) is 4.84 Å². The molecule has 0 spiro atoms. The molecule has 0 aliphatic carbocycles. The molecule has 1 N–H and O–H groups in total. The summed E-state index contributed by atoms with van der Waals surface area (Å²) in [5.74, 6) is 0. The molecule has 1 heterocycles. The lowest BCUT2D eigenvalue weighted by Gasteiger charge is -2.21. The Balaban J connectivity index is 2.09. The first-order valence-corrected chi connectivity index (χ1v) is 3.69. The van der Waals surface area contributed by atoms with Gasteiger partial charge < -0.3 is 0 Å². The molecule has 56 valence electrons. The summed E-state index contributed by atoms with van der Waals surface area (Å²) < 4.78 is 0. The maximum atomic E-state index is 8.27. The average Bonchev–Trinajstić information content (AvgIpc) is 2.03. The third-order valence-corrected chi connectivity index (χ3v) is 1.63. The summed E-state index contributed by atoms with van der Waals surface area (Å²) in [5, 5.41) is 8.27. The molecule has 1 atom stereocenters. The second-order valence-electron chi connectivity index (χ2n) is 2.47. The number of hydrogen-bond acceptors (Lipinski definition) is 3. The Labute approximate surface area is 60.9 Å². The molecule has 0 radical (unpaired) electrons. The van der Waals surface area contributed by atoms with Gasteiger partial charge in [-0.05, 0) is 19.3 Å². The van der Waals surface area contributed by atoms with Crippen molar-refractivity contribution in [2.24, 2.45) is 0 Å². The van der Waals surface area contributed by atoms with Crippen molar-refractivity contribution in [3.63, 3.8) is 0 Å². The van der Waals surface area contributed by atoms with Gasteiger partial charge >= 0.3 is 0 Å². The normalized spacial score (nSPS) is 25.7. The highest BCUT2D eigenvalue weighted by Crippen LogP contribution is 2.10. The summed E-state index contributed by atoms with van der Waals surface area (Å²) in [6.45, 7) is 0.947. The zero-order valence-corrected chi connectivity index (χ0v) is 5.97. The molecule has 0 amide bonds. The minimum absolute atomic E-state index is 0.272. The van der Waals surface area contributed by atoms with E-state index in [1.807, 2.05) is 0 Å². The van der Waals surface area contributed by atoms with Crippen molar-refractivity contribution in [2.75, 3.05) is 6.54 Å². The van der Waals surface area contributed by atoms with Gasteiger partial charge in [-0.15, -0.1) is 0 Å². The fourth-order valence-corrected chi connectivity index (χ4v) is 1.07. The molecule has 0 aromatic heterocycles. The fourth-order valence-electron chi connectivity index (χ4n) is 1.07. The molecule has 3 heteroatoms. The maximum Gasteiger partial charge on any atom is 0.0800 e. The fraction of sp³-hybridized carbons (Fsp3) is 0.857. The smallest absolute Gasteiger partial charge is 0.0800 e. The summed E-state index contributed by atoms with van der Waals surface area (Å²) in [5.41, 5.74) is 2.83. The van der Waals surface area contributed by atoms with Crippen LogP contribution in [0.4, 0.5) is 0 Å². The van der Waals surface area contributed by atoms with Gasteiger partial charge in [0.25, 0.3) is 0 Å². The van der Waals surface area contributed by atoms with Gasteiger partial charge in [-0.1, -0.05) is 0 Å². The third-order valence-electron chi connectivity index (χ3n) is 1.63. The summed E-state index contributed by atoms with van der Waals surface area (Å²) in [7, 11) is 0.